The number of esters is 1. The van der Waals surface area contributed by atoms with Gasteiger partial charge in [0.1, 0.15) is 5.82 Å². The Hall–Kier alpha value is -2.47. The van der Waals surface area contributed by atoms with Crippen molar-refractivity contribution in [1.82, 2.24) is 5.32 Å². The third-order valence-corrected chi connectivity index (χ3v) is 4.01. The molecule has 0 aliphatic rings. The molecule has 120 valence electrons. The Morgan fingerprint density at radius 2 is 2.17 bits per heavy atom. The predicted octanol–water partition coefficient (Wildman–Crippen LogP) is 3.32. The molecule has 0 aliphatic heterocycles. The number of thiophene rings is 1. The Kier molecular flexibility index (Phi) is 6.05. The van der Waals surface area contributed by atoms with Gasteiger partial charge in [-0.1, -0.05) is 18.2 Å². The van der Waals surface area contributed by atoms with Crippen molar-refractivity contribution in [3.63, 3.8) is 0 Å². The SMILES string of the molecule is C[C@H](NC(=O)COC(=O)/C=C/c1cccc(F)c1)c1cccs1. The summed E-state index contributed by atoms with van der Waals surface area (Å²) in [5, 5.41) is 4.67. The molecule has 0 aliphatic carbocycles. The zero-order valence-corrected chi connectivity index (χ0v) is 13.3. The third-order valence-electron chi connectivity index (χ3n) is 2.95. The van der Waals surface area contributed by atoms with Gasteiger partial charge in [-0.15, -0.1) is 11.3 Å². The molecular weight excluding hydrogens is 317 g/mol. The first-order valence-corrected chi connectivity index (χ1v) is 7.86. The molecule has 23 heavy (non-hydrogen) atoms. The van der Waals surface area contributed by atoms with E-state index in [9.17, 15) is 14.0 Å². The van der Waals surface area contributed by atoms with Crippen LogP contribution in [0.4, 0.5) is 4.39 Å². The Balaban J connectivity index is 1.76. The van der Waals surface area contributed by atoms with Crippen LogP contribution in [0.15, 0.2) is 47.9 Å². The van der Waals surface area contributed by atoms with Gasteiger partial charge in [-0.05, 0) is 42.1 Å². The summed E-state index contributed by atoms with van der Waals surface area (Å²) in [7, 11) is 0. The summed E-state index contributed by atoms with van der Waals surface area (Å²) in [6, 6.07) is 9.49. The number of nitrogens with one attached hydrogen (secondary N) is 1. The first kappa shape index (κ1) is 16.9. The van der Waals surface area contributed by atoms with E-state index in [4.69, 9.17) is 4.74 Å². The first-order chi connectivity index (χ1) is 11.0. The van der Waals surface area contributed by atoms with Crippen molar-refractivity contribution in [3.05, 3.63) is 64.1 Å². The lowest BCUT2D eigenvalue weighted by molar-refractivity contribution is -0.144. The molecule has 2 aromatic rings. The Labute approximate surface area is 137 Å². The molecule has 1 N–H and O–H groups in total. The van der Waals surface area contributed by atoms with Gasteiger partial charge in [0, 0.05) is 11.0 Å². The highest BCUT2D eigenvalue weighted by molar-refractivity contribution is 7.10. The van der Waals surface area contributed by atoms with Crippen LogP contribution in [0.3, 0.4) is 0 Å². The quantitative estimate of drug-likeness (QED) is 0.652. The Morgan fingerprint density at radius 1 is 1.35 bits per heavy atom. The summed E-state index contributed by atoms with van der Waals surface area (Å²) in [6.45, 7) is 1.50. The molecule has 1 aromatic carbocycles. The molecule has 6 heteroatoms. The second kappa shape index (κ2) is 8.24. The van der Waals surface area contributed by atoms with Crippen LogP contribution >= 0.6 is 11.3 Å². The maximum Gasteiger partial charge on any atom is 0.331 e. The molecule has 1 amide bonds. The van der Waals surface area contributed by atoms with Gasteiger partial charge in [-0.25, -0.2) is 9.18 Å². The van der Waals surface area contributed by atoms with E-state index in [1.54, 1.807) is 23.5 Å². The van der Waals surface area contributed by atoms with Crippen molar-refractivity contribution in [2.75, 3.05) is 6.61 Å². The maximum atomic E-state index is 13.0. The highest BCUT2D eigenvalue weighted by atomic mass is 32.1. The van der Waals surface area contributed by atoms with Gasteiger partial charge in [0.15, 0.2) is 6.61 Å². The lowest BCUT2D eigenvalue weighted by Gasteiger charge is -2.11. The number of carbonyl (C=O) groups excluding carboxylic acids is 2. The van der Waals surface area contributed by atoms with Crippen molar-refractivity contribution in [3.8, 4) is 0 Å². The molecular formula is C17H16FNO3S. The lowest BCUT2D eigenvalue weighted by atomic mass is 10.2. The fourth-order valence-electron chi connectivity index (χ4n) is 1.85. The van der Waals surface area contributed by atoms with Crippen molar-refractivity contribution >= 4 is 29.3 Å². The second-order valence-electron chi connectivity index (χ2n) is 4.80. The van der Waals surface area contributed by atoms with Crippen LogP contribution in [-0.4, -0.2) is 18.5 Å². The van der Waals surface area contributed by atoms with Gasteiger partial charge in [0.05, 0.1) is 6.04 Å². The predicted molar refractivity (Wildman–Crippen MR) is 87.3 cm³/mol. The number of amides is 1. The number of hydrogen-bond donors (Lipinski definition) is 1. The number of hydrogen-bond acceptors (Lipinski definition) is 4. The topological polar surface area (TPSA) is 55.4 Å². The molecule has 0 radical (unpaired) electrons. The summed E-state index contributed by atoms with van der Waals surface area (Å²) in [4.78, 5) is 24.3. The monoisotopic (exact) mass is 333 g/mol. The van der Waals surface area contributed by atoms with Gasteiger partial charge < -0.3 is 10.1 Å². The number of rotatable bonds is 6. The van der Waals surface area contributed by atoms with Crippen LogP contribution in [0, 0.1) is 5.82 Å². The Morgan fingerprint density at radius 3 is 2.87 bits per heavy atom. The lowest BCUT2D eigenvalue weighted by Crippen LogP contribution is -2.30. The normalized spacial score (nSPS) is 12.1. The van der Waals surface area contributed by atoms with Gasteiger partial charge in [-0.2, -0.15) is 0 Å². The van der Waals surface area contributed by atoms with E-state index in [1.165, 1.54) is 18.2 Å². The summed E-state index contributed by atoms with van der Waals surface area (Å²) in [5.74, 6) is -1.42. The molecule has 0 saturated carbocycles. The zero-order chi connectivity index (χ0) is 16.7. The third kappa shape index (κ3) is 5.67. The summed E-state index contributed by atoms with van der Waals surface area (Å²) in [5.41, 5.74) is 0.540. The largest absolute Gasteiger partial charge is 0.452 e. The number of halogens is 1. The fourth-order valence-corrected chi connectivity index (χ4v) is 2.59. The van der Waals surface area contributed by atoms with E-state index < -0.39 is 5.97 Å². The molecule has 0 spiro atoms. The summed E-state index contributed by atoms with van der Waals surface area (Å²) in [6.07, 6.45) is 2.59. The van der Waals surface area contributed by atoms with E-state index in [-0.39, 0.29) is 24.4 Å². The van der Waals surface area contributed by atoms with Crippen LogP contribution in [0.5, 0.6) is 0 Å². The van der Waals surface area contributed by atoms with Crippen LogP contribution in [0.2, 0.25) is 0 Å². The van der Waals surface area contributed by atoms with Gasteiger partial charge in [0.25, 0.3) is 5.91 Å². The smallest absolute Gasteiger partial charge is 0.331 e. The van der Waals surface area contributed by atoms with E-state index >= 15 is 0 Å². The molecule has 0 unspecified atom stereocenters. The standard InChI is InChI=1S/C17H16FNO3S/c1-12(15-6-3-9-23-15)19-16(20)11-22-17(21)8-7-13-4-2-5-14(18)10-13/h2-10,12H,11H2,1H3,(H,19,20)/b8-7+/t12-/m0/s1. The number of carbonyl (C=O) groups is 2. The molecule has 0 saturated heterocycles. The highest BCUT2D eigenvalue weighted by Crippen LogP contribution is 2.17. The van der Waals surface area contributed by atoms with Crippen LogP contribution in [-0.2, 0) is 14.3 Å². The van der Waals surface area contributed by atoms with Crippen molar-refractivity contribution < 1.29 is 18.7 Å². The van der Waals surface area contributed by atoms with Gasteiger partial charge >= 0.3 is 5.97 Å². The number of ether oxygens (including phenoxy) is 1. The Bertz CT molecular complexity index is 698. The van der Waals surface area contributed by atoms with Crippen LogP contribution < -0.4 is 5.32 Å². The molecule has 1 aromatic heterocycles. The minimum atomic E-state index is -0.659. The molecule has 0 fully saturated rings. The van der Waals surface area contributed by atoms with Crippen molar-refractivity contribution in [1.29, 1.82) is 0 Å². The average Bonchev–Trinajstić information content (AvgIpc) is 3.05. The second-order valence-corrected chi connectivity index (χ2v) is 5.78. The van der Waals surface area contributed by atoms with Crippen molar-refractivity contribution in [2.24, 2.45) is 0 Å². The van der Waals surface area contributed by atoms with E-state index in [2.05, 4.69) is 5.32 Å². The molecule has 2 rings (SSSR count). The fraction of sp³-hybridized carbons (Fsp3) is 0.176. The number of benzene rings is 1. The minimum absolute atomic E-state index is 0.135. The summed E-state index contributed by atoms with van der Waals surface area (Å²) < 4.78 is 17.8. The highest BCUT2D eigenvalue weighted by Gasteiger charge is 2.11. The maximum absolute atomic E-state index is 13.0. The first-order valence-electron chi connectivity index (χ1n) is 6.98. The van der Waals surface area contributed by atoms with E-state index in [0.29, 0.717) is 5.56 Å². The zero-order valence-electron chi connectivity index (χ0n) is 12.5. The van der Waals surface area contributed by atoms with Crippen LogP contribution in [0.1, 0.15) is 23.4 Å². The minimum Gasteiger partial charge on any atom is -0.452 e. The van der Waals surface area contributed by atoms with Crippen molar-refractivity contribution in [2.45, 2.75) is 13.0 Å². The molecule has 1 atom stereocenters. The summed E-state index contributed by atoms with van der Waals surface area (Å²) >= 11 is 1.54. The van der Waals surface area contributed by atoms with Crippen LogP contribution in [0.25, 0.3) is 6.08 Å². The average molecular weight is 333 g/mol. The molecule has 1 heterocycles. The van der Waals surface area contributed by atoms with Gasteiger partial charge in [-0.3, -0.25) is 4.79 Å². The molecule has 4 nitrogen and oxygen atoms in total. The molecule has 0 bridgehead atoms. The van der Waals surface area contributed by atoms with E-state index in [0.717, 1.165) is 11.0 Å². The van der Waals surface area contributed by atoms with Gasteiger partial charge in [0.2, 0.25) is 0 Å². The van der Waals surface area contributed by atoms with E-state index in [1.807, 2.05) is 24.4 Å².